The number of hydrogen-bond acceptors (Lipinski definition) is 3. The van der Waals surface area contributed by atoms with E-state index in [2.05, 4.69) is 9.97 Å². The maximum absolute atomic E-state index is 10.5. The molecule has 0 bridgehead atoms. The van der Waals surface area contributed by atoms with Crippen LogP contribution in [0.25, 0.3) is 0 Å². The minimum Gasteiger partial charge on any atom is -0.300 e. The first-order valence-corrected chi connectivity index (χ1v) is 4.61. The molecule has 0 unspecified atom stereocenters. The van der Waals surface area contributed by atoms with Gasteiger partial charge in [-0.1, -0.05) is 6.42 Å². The van der Waals surface area contributed by atoms with E-state index >= 15 is 0 Å². The summed E-state index contributed by atoms with van der Waals surface area (Å²) in [7, 11) is 0. The highest BCUT2D eigenvalue weighted by atomic mass is 16.1. The molecule has 0 amide bonds. The molecule has 0 atom stereocenters. The van der Waals surface area contributed by atoms with Crippen molar-refractivity contribution >= 4 is 5.78 Å². The summed E-state index contributed by atoms with van der Waals surface area (Å²) in [6.45, 7) is 0. The van der Waals surface area contributed by atoms with E-state index in [-0.39, 0.29) is 0 Å². The van der Waals surface area contributed by atoms with E-state index in [1.54, 1.807) is 24.8 Å². The Morgan fingerprint density at radius 2 is 1.31 bits per heavy atom. The van der Waals surface area contributed by atoms with Crippen LogP contribution in [0.2, 0.25) is 0 Å². The third-order valence-electron chi connectivity index (χ3n) is 1.89. The van der Waals surface area contributed by atoms with Gasteiger partial charge in [0.1, 0.15) is 5.78 Å². The summed E-state index contributed by atoms with van der Waals surface area (Å²) in [5.74, 6) is 0.464. The number of carbonyl (C=O) groups is 1. The molecular weight excluding hydrogens is 164 g/mol. The second kappa shape index (κ2) is 6.29. The van der Waals surface area contributed by atoms with Crippen LogP contribution in [0, 0.1) is 0 Å². The lowest BCUT2D eigenvalue weighted by molar-refractivity contribution is -0.120. The molecule has 3 nitrogen and oxygen atoms in total. The van der Waals surface area contributed by atoms with Crippen LogP contribution >= 0.6 is 0 Å². The zero-order chi connectivity index (χ0) is 9.36. The van der Waals surface area contributed by atoms with Crippen molar-refractivity contribution in [3.05, 3.63) is 24.8 Å². The molecule has 70 valence electrons. The summed E-state index contributed by atoms with van der Waals surface area (Å²) in [5.41, 5.74) is 0. The molecule has 1 aliphatic carbocycles. The molecule has 0 saturated heterocycles. The van der Waals surface area contributed by atoms with Crippen LogP contribution in [-0.2, 0) is 4.79 Å². The molecule has 1 aromatic heterocycles. The number of aromatic nitrogens is 2. The Bertz CT molecular complexity index is 201. The molecule has 1 aliphatic rings. The number of hydrogen-bond donors (Lipinski definition) is 0. The van der Waals surface area contributed by atoms with Gasteiger partial charge in [0, 0.05) is 37.6 Å². The lowest BCUT2D eigenvalue weighted by Gasteiger charge is -2.05. The van der Waals surface area contributed by atoms with Gasteiger partial charge in [0.05, 0.1) is 0 Å². The highest BCUT2D eigenvalue weighted by Crippen LogP contribution is 2.12. The van der Waals surface area contributed by atoms with Gasteiger partial charge in [-0.05, 0) is 12.8 Å². The zero-order valence-corrected chi connectivity index (χ0v) is 7.65. The molecule has 0 aliphatic heterocycles. The lowest BCUT2D eigenvalue weighted by atomic mass is 10.00. The summed E-state index contributed by atoms with van der Waals surface area (Å²) in [6, 6.07) is 0. The van der Waals surface area contributed by atoms with Crippen LogP contribution in [0.4, 0.5) is 0 Å². The van der Waals surface area contributed by atoms with Gasteiger partial charge in [0.2, 0.25) is 0 Å². The Kier molecular flexibility index (Phi) is 4.76. The maximum Gasteiger partial charge on any atom is 0.132 e. The summed E-state index contributed by atoms with van der Waals surface area (Å²) in [5, 5.41) is 0. The average molecular weight is 178 g/mol. The number of ketones is 1. The Morgan fingerprint density at radius 1 is 0.846 bits per heavy atom. The molecular formula is C10H14N2O. The molecule has 2 rings (SSSR count). The molecule has 1 fully saturated rings. The first kappa shape index (κ1) is 9.84. The fourth-order valence-corrected chi connectivity index (χ4v) is 1.20. The first-order chi connectivity index (χ1) is 6.39. The minimum absolute atomic E-state index is 0.464. The Labute approximate surface area is 78.2 Å². The van der Waals surface area contributed by atoms with Crippen LogP contribution in [0.3, 0.4) is 0 Å². The van der Waals surface area contributed by atoms with E-state index in [1.165, 1.54) is 6.42 Å². The van der Waals surface area contributed by atoms with Gasteiger partial charge in [-0.25, -0.2) is 0 Å². The second-order valence-corrected chi connectivity index (χ2v) is 2.99. The van der Waals surface area contributed by atoms with Gasteiger partial charge in [0.25, 0.3) is 0 Å². The molecule has 1 aromatic rings. The van der Waals surface area contributed by atoms with E-state index in [1.807, 2.05) is 0 Å². The van der Waals surface area contributed by atoms with Crippen molar-refractivity contribution in [3.63, 3.8) is 0 Å². The SMILES string of the molecule is O=C1CCCCC1.c1cnccn1. The number of nitrogens with zero attached hydrogens (tertiary/aromatic N) is 2. The van der Waals surface area contributed by atoms with Crippen LogP contribution in [0.5, 0.6) is 0 Å². The van der Waals surface area contributed by atoms with Crippen molar-refractivity contribution < 1.29 is 4.79 Å². The van der Waals surface area contributed by atoms with Crippen molar-refractivity contribution in [2.45, 2.75) is 32.1 Å². The van der Waals surface area contributed by atoms with Gasteiger partial charge in [-0.3, -0.25) is 14.8 Å². The minimum atomic E-state index is 0.464. The summed E-state index contributed by atoms with van der Waals surface area (Å²) < 4.78 is 0. The zero-order valence-electron chi connectivity index (χ0n) is 7.65. The monoisotopic (exact) mass is 178 g/mol. The topological polar surface area (TPSA) is 42.9 Å². The molecule has 0 aromatic carbocycles. The van der Waals surface area contributed by atoms with E-state index < -0.39 is 0 Å². The van der Waals surface area contributed by atoms with Crippen LogP contribution in [0.1, 0.15) is 32.1 Å². The molecule has 1 saturated carbocycles. The molecule has 13 heavy (non-hydrogen) atoms. The van der Waals surface area contributed by atoms with Crippen molar-refractivity contribution in [3.8, 4) is 0 Å². The van der Waals surface area contributed by atoms with E-state index in [0.717, 1.165) is 25.7 Å². The Hall–Kier alpha value is -1.25. The van der Waals surface area contributed by atoms with Gasteiger partial charge in [-0.15, -0.1) is 0 Å². The molecule has 0 radical (unpaired) electrons. The van der Waals surface area contributed by atoms with Crippen molar-refractivity contribution in [1.29, 1.82) is 0 Å². The summed E-state index contributed by atoms with van der Waals surface area (Å²) >= 11 is 0. The van der Waals surface area contributed by atoms with Crippen molar-refractivity contribution in [1.82, 2.24) is 9.97 Å². The van der Waals surface area contributed by atoms with Gasteiger partial charge >= 0.3 is 0 Å². The largest absolute Gasteiger partial charge is 0.300 e. The summed E-state index contributed by atoms with van der Waals surface area (Å²) in [6.07, 6.45) is 11.8. The molecule has 0 N–H and O–H groups in total. The predicted molar refractivity (Wildman–Crippen MR) is 50.1 cm³/mol. The Morgan fingerprint density at radius 3 is 1.54 bits per heavy atom. The third kappa shape index (κ3) is 5.06. The fraction of sp³-hybridized carbons (Fsp3) is 0.500. The maximum atomic E-state index is 10.5. The third-order valence-corrected chi connectivity index (χ3v) is 1.89. The average Bonchev–Trinajstić information content (AvgIpc) is 2.22. The number of Topliss-reactive ketones (excluding diaryl/α,β-unsaturated/α-hetero) is 1. The second-order valence-electron chi connectivity index (χ2n) is 2.99. The highest BCUT2D eigenvalue weighted by Gasteiger charge is 2.05. The molecule has 1 heterocycles. The summed E-state index contributed by atoms with van der Waals surface area (Å²) in [4.78, 5) is 17.9. The van der Waals surface area contributed by atoms with Gasteiger partial charge in [0.15, 0.2) is 0 Å². The van der Waals surface area contributed by atoms with Gasteiger partial charge < -0.3 is 0 Å². The lowest BCUT2D eigenvalue weighted by Crippen LogP contribution is -2.02. The number of rotatable bonds is 0. The fourth-order valence-electron chi connectivity index (χ4n) is 1.20. The van der Waals surface area contributed by atoms with Crippen molar-refractivity contribution in [2.75, 3.05) is 0 Å². The van der Waals surface area contributed by atoms with Crippen LogP contribution in [-0.4, -0.2) is 15.8 Å². The molecule has 3 heteroatoms. The quantitative estimate of drug-likeness (QED) is 0.610. The van der Waals surface area contributed by atoms with E-state index in [4.69, 9.17) is 0 Å². The van der Waals surface area contributed by atoms with Crippen LogP contribution in [0.15, 0.2) is 24.8 Å². The van der Waals surface area contributed by atoms with E-state index in [0.29, 0.717) is 5.78 Å². The number of carbonyl (C=O) groups excluding carboxylic acids is 1. The van der Waals surface area contributed by atoms with Gasteiger partial charge in [-0.2, -0.15) is 0 Å². The van der Waals surface area contributed by atoms with Crippen LogP contribution < -0.4 is 0 Å². The molecule has 0 spiro atoms. The standard InChI is InChI=1S/C6H10O.C4H4N2/c7-6-4-2-1-3-5-6;1-2-6-4-3-5-1/h1-5H2;1-4H. The predicted octanol–water partition coefficient (Wildman–Crippen LogP) is 2.00. The smallest absolute Gasteiger partial charge is 0.132 e. The van der Waals surface area contributed by atoms with Crippen molar-refractivity contribution in [2.24, 2.45) is 0 Å². The normalized spacial score (nSPS) is 15.8. The first-order valence-electron chi connectivity index (χ1n) is 4.61. The Balaban J connectivity index is 0.000000132. The van der Waals surface area contributed by atoms with E-state index in [9.17, 15) is 4.79 Å². The highest BCUT2D eigenvalue weighted by molar-refractivity contribution is 5.78.